The number of nitrogens with zero attached hydrogens (tertiary/aromatic N) is 1. The summed E-state index contributed by atoms with van der Waals surface area (Å²) >= 11 is 0. The Morgan fingerprint density at radius 3 is 2.06 bits per heavy atom. The van der Waals surface area contributed by atoms with E-state index < -0.39 is 5.91 Å². The zero-order chi connectivity index (χ0) is 13.0. The summed E-state index contributed by atoms with van der Waals surface area (Å²) in [6.45, 7) is 1.79. The Hall–Kier alpha value is -2.13. The van der Waals surface area contributed by atoms with E-state index in [9.17, 15) is 10.0 Å². The number of hydroxylamine groups is 2. The van der Waals surface area contributed by atoms with Crippen molar-refractivity contribution in [2.24, 2.45) is 0 Å². The van der Waals surface area contributed by atoms with Crippen LogP contribution in [-0.4, -0.2) is 16.2 Å². The molecular formula is C15H15NO2. The highest BCUT2D eigenvalue weighted by Gasteiger charge is 2.20. The summed E-state index contributed by atoms with van der Waals surface area (Å²) < 4.78 is 0. The monoisotopic (exact) mass is 241 g/mol. The number of hydrogen-bond donors (Lipinski definition) is 1. The Morgan fingerprint density at radius 1 is 1.00 bits per heavy atom. The van der Waals surface area contributed by atoms with Gasteiger partial charge in [0.15, 0.2) is 0 Å². The van der Waals surface area contributed by atoms with E-state index in [1.54, 1.807) is 31.2 Å². The van der Waals surface area contributed by atoms with E-state index in [0.717, 1.165) is 10.6 Å². The lowest BCUT2D eigenvalue weighted by atomic mass is 10.1. The van der Waals surface area contributed by atoms with Gasteiger partial charge in [0, 0.05) is 5.56 Å². The molecule has 2 rings (SSSR count). The van der Waals surface area contributed by atoms with Crippen LogP contribution in [0.25, 0.3) is 0 Å². The van der Waals surface area contributed by atoms with Crippen molar-refractivity contribution in [2.45, 2.75) is 13.0 Å². The van der Waals surface area contributed by atoms with E-state index in [-0.39, 0.29) is 6.04 Å². The molecule has 3 nitrogen and oxygen atoms in total. The molecule has 2 aromatic carbocycles. The molecule has 18 heavy (non-hydrogen) atoms. The lowest BCUT2D eigenvalue weighted by Gasteiger charge is -2.22. The third-order valence-corrected chi connectivity index (χ3v) is 2.88. The molecule has 0 saturated carbocycles. The molecule has 0 fully saturated rings. The van der Waals surface area contributed by atoms with Crippen LogP contribution in [0, 0.1) is 0 Å². The molecule has 0 aliphatic rings. The highest BCUT2D eigenvalue weighted by molar-refractivity contribution is 5.93. The molecule has 0 radical (unpaired) electrons. The van der Waals surface area contributed by atoms with Gasteiger partial charge in [-0.2, -0.15) is 0 Å². The molecule has 0 bridgehead atoms. The van der Waals surface area contributed by atoms with E-state index in [1.807, 2.05) is 36.4 Å². The maximum atomic E-state index is 12.0. The van der Waals surface area contributed by atoms with E-state index in [4.69, 9.17) is 0 Å². The van der Waals surface area contributed by atoms with Gasteiger partial charge in [-0.05, 0) is 24.6 Å². The molecular weight excluding hydrogens is 226 g/mol. The first kappa shape index (κ1) is 12.3. The van der Waals surface area contributed by atoms with Crippen molar-refractivity contribution in [2.75, 3.05) is 0 Å². The molecule has 1 unspecified atom stereocenters. The van der Waals surface area contributed by atoms with Crippen LogP contribution in [0.3, 0.4) is 0 Å². The van der Waals surface area contributed by atoms with Crippen LogP contribution in [0.5, 0.6) is 0 Å². The topological polar surface area (TPSA) is 40.5 Å². The van der Waals surface area contributed by atoms with Crippen molar-refractivity contribution in [1.29, 1.82) is 0 Å². The van der Waals surface area contributed by atoms with Crippen molar-refractivity contribution >= 4 is 5.91 Å². The maximum Gasteiger partial charge on any atom is 0.277 e. The van der Waals surface area contributed by atoms with Crippen LogP contribution in [0.1, 0.15) is 28.9 Å². The third-order valence-electron chi connectivity index (χ3n) is 2.88. The molecule has 0 spiro atoms. The Labute approximate surface area is 106 Å². The predicted octanol–water partition coefficient (Wildman–Crippen LogP) is 3.28. The fraction of sp³-hybridized carbons (Fsp3) is 0.133. The second-order valence-corrected chi connectivity index (χ2v) is 4.10. The van der Waals surface area contributed by atoms with Crippen LogP contribution < -0.4 is 0 Å². The first-order valence-electron chi connectivity index (χ1n) is 5.82. The zero-order valence-electron chi connectivity index (χ0n) is 10.2. The number of carbonyl (C=O) groups is 1. The van der Waals surface area contributed by atoms with E-state index >= 15 is 0 Å². The van der Waals surface area contributed by atoms with Gasteiger partial charge in [0.25, 0.3) is 5.91 Å². The molecule has 0 aliphatic carbocycles. The number of hydrogen-bond acceptors (Lipinski definition) is 2. The van der Waals surface area contributed by atoms with Gasteiger partial charge in [0.05, 0.1) is 6.04 Å². The van der Waals surface area contributed by atoms with E-state index in [1.165, 1.54) is 0 Å². The second kappa shape index (κ2) is 5.47. The second-order valence-electron chi connectivity index (χ2n) is 4.10. The van der Waals surface area contributed by atoms with Crippen LogP contribution >= 0.6 is 0 Å². The third kappa shape index (κ3) is 2.57. The summed E-state index contributed by atoms with van der Waals surface area (Å²) in [5.41, 5.74) is 1.37. The molecule has 1 N–H and O–H groups in total. The largest absolute Gasteiger partial charge is 0.285 e. The summed E-state index contributed by atoms with van der Waals surface area (Å²) in [6.07, 6.45) is 0. The summed E-state index contributed by atoms with van der Waals surface area (Å²) in [5.74, 6) is -0.396. The molecule has 0 heterocycles. The first-order valence-corrected chi connectivity index (χ1v) is 5.82. The molecule has 0 aliphatic heterocycles. The average Bonchev–Trinajstić information content (AvgIpc) is 2.47. The Balaban J connectivity index is 2.17. The van der Waals surface area contributed by atoms with Gasteiger partial charge in [-0.3, -0.25) is 10.0 Å². The van der Waals surface area contributed by atoms with Crippen molar-refractivity contribution < 1.29 is 10.0 Å². The first-order chi connectivity index (χ1) is 8.70. The van der Waals surface area contributed by atoms with Crippen molar-refractivity contribution in [3.8, 4) is 0 Å². The molecule has 0 saturated heterocycles. The zero-order valence-corrected chi connectivity index (χ0v) is 10.2. The highest BCUT2D eigenvalue weighted by atomic mass is 16.5. The van der Waals surface area contributed by atoms with Gasteiger partial charge in [-0.25, -0.2) is 5.06 Å². The minimum atomic E-state index is -0.396. The minimum absolute atomic E-state index is 0.376. The average molecular weight is 241 g/mol. The fourth-order valence-electron chi connectivity index (χ4n) is 1.76. The van der Waals surface area contributed by atoms with Gasteiger partial charge in [0.2, 0.25) is 0 Å². The Bertz CT molecular complexity index is 511. The van der Waals surface area contributed by atoms with Gasteiger partial charge >= 0.3 is 0 Å². The van der Waals surface area contributed by atoms with Gasteiger partial charge in [-0.15, -0.1) is 0 Å². The summed E-state index contributed by atoms with van der Waals surface area (Å²) in [6, 6.07) is 17.8. The number of carbonyl (C=O) groups excluding carboxylic acids is 1. The van der Waals surface area contributed by atoms with Gasteiger partial charge < -0.3 is 0 Å². The Kier molecular flexibility index (Phi) is 3.75. The predicted molar refractivity (Wildman–Crippen MR) is 69.3 cm³/mol. The quantitative estimate of drug-likeness (QED) is 0.661. The smallest absolute Gasteiger partial charge is 0.277 e. The van der Waals surface area contributed by atoms with Gasteiger partial charge in [0.1, 0.15) is 0 Å². The molecule has 1 amide bonds. The summed E-state index contributed by atoms with van der Waals surface area (Å²) in [4.78, 5) is 12.0. The normalized spacial score (nSPS) is 11.9. The number of rotatable bonds is 3. The van der Waals surface area contributed by atoms with Crippen LogP contribution in [0.2, 0.25) is 0 Å². The fourth-order valence-corrected chi connectivity index (χ4v) is 1.76. The summed E-state index contributed by atoms with van der Waals surface area (Å²) in [5, 5.41) is 10.7. The van der Waals surface area contributed by atoms with Crippen LogP contribution in [0.4, 0.5) is 0 Å². The van der Waals surface area contributed by atoms with Gasteiger partial charge in [-0.1, -0.05) is 48.5 Å². The molecule has 0 aromatic heterocycles. The van der Waals surface area contributed by atoms with Crippen molar-refractivity contribution in [1.82, 2.24) is 5.06 Å². The molecule has 3 heteroatoms. The van der Waals surface area contributed by atoms with E-state index in [2.05, 4.69) is 0 Å². The standard InChI is InChI=1S/C15H15NO2/c1-12(13-8-4-2-5-9-13)16(18)15(17)14-10-6-3-7-11-14/h2-12,18H,1H3. The number of amides is 1. The molecule has 92 valence electrons. The molecule has 1 atom stereocenters. The molecule has 2 aromatic rings. The highest BCUT2D eigenvalue weighted by Crippen LogP contribution is 2.19. The maximum absolute atomic E-state index is 12.0. The number of benzene rings is 2. The SMILES string of the molecule is CC(c1ccccc1)N(O)C(=O)c1ccccc1. The minimum Gasteiger partial charge on any atom is -0.285 e. The Morgan fingerprint density at radius 2 is 1.50 bits per heavy atom. The van der Waals surface area contributed by atoms with Crippen molar-refractivity contribution in [3.63, 3.8) is 0 Å². The van der Waals surface area contributed by atoms with E-state index in [0.29, 0.717) is 5.56 Å². The van der Waals surface area contributed by atoms with Crippen LogP contribution in [-0.2, 0) is 0 Å². The lowest BCUT2D eigenvalue weighted by molar-refractivity contribution is -0.0854. The van der Waals surface area contributed by atoms with Crippen molar-refractivity contribution in [3.05, 3.63) is 71.8 Å². The lowest BCUT2D eigenvalue weighted by Crippen LogP contribution is -2.30. The summed E-state index contributed by atoms with van der Waals surface area (Å²) in [7, 11) is 0. The van der Waals surface area contributed by atoms with Crippen LogP contribution in [0.15, 0.2) is 60.7 Å².